The molecular formula is C10H18O3. The summed E-state index contributed by atoms with van der Waals surface area (Å²) in [5.74, 6) is 0.624. The summed E-state index contributed by atoms with van der Waals surface area (Å²) < 4.78 is 0. The van der Waals surface area contributed by atoms with Gasteiger partial charge in [0.2, 0.25) is 0 Å². The molecule has 0 aromatic heterocycles. The summed E-state index contributed by atoms with van der Waals surface area (Å²) in [6.45, 7) is 5.98. The van der Waals surface area contributed by atoms with E-state index in [0.717, 1.165) is 12.8 Å². The molecule has 0 fully saturated rings. The zero-order valence-electron chi connectivity index (χ0n) is 8.50. The molecule has 3 heteroatoms. The van der Waals surface area contributed by atoms with Crippen molar-refractivity contribution in [1.29, 1.82) is 0 Å². The van der Waals surface area contributed by atoms with Crippen LogP contribution in [0.4, 0.5) is 0 Å². The van der Waals surface area contributed by atoms with Crippen molar-refractivity contribution in [2.45, 2.75) is 40.0 Å². The molecule has 0 saturated carbocycles. The van der Waals surface area contributed by atoms with Gasteiger partial charge in [0.25, 0.3) is 6.47 Å². The van der Waals surface area contributed by atoms with Gasteiger partial charge in [-0.1, -0.05) is 13.8 Å². The quantitative estimate of drug-likeness (QED) is 0.572. The SMILES string of the molecule is CC1=C(O)C(C)(C)CCC1.O=CO. The first-order chi connectivity index (χ1) is 5.95. The highest BCUT2D eigenvalue weighted by atomic mass is 16.3. The molecule has 0 bridgehead atoms. The van der Waals surface area contributed by atoms with Crippen LogP contribution in [-0.2, 0) is 4.79 Å². The van der Waals surface area contributed by atoms with Crippen molar-refractivity contribution in [2.24, 2.45) is 5.41 Å². The molecule has 1 rings (SSSR count). The zero-order chi connectivity index (χ0) is 10.5. The van der Waals surface area contributed by atoms with Gasteiger partial charge < -0.3 is 10.2 Å². The molecule has 0 heterocycles. The number of hydrogen-bond donors (Lipinski definition) is 2. The second-order valence-electron chi connectivity index (χ2n) is 3.97. The lowest BCUT2D eigenvalue weighted by atomic mass is 9.78. The average Bonchev–Trinajstić information content (AvgIpc) is 2.01. The monoisotopic (exact) mass is 186 g/mol. The Morgan fingerprint density at radius 3 is 2.23 bits per heavy atom. The van der Waals surface area contributed by atoms with Crippen LogP contribution in [0, 0.1) is 5.41 Å². The standard InChI is InChI=1S/C9H16O.CH2O2/c1-7-5-4-6-9(2,3)8(7)10;2-1-3/h10H,4-6H2,1-3H3;1H,(H,2,3). The molecule has 2 N–H and O–H groups in total. The third-order valence-corrected chi connectivity index (χ3v) is 2.40. The number of aliphatic hydroxyl groups excluding tert-OH is 1. The first-order valence-electron chi connectivity index (χ1n) is 4.42. The van der Waals surface area contributed by atoms with Gasteiger partial charge in [-0.15, -0.1) is 0 Å². The second-order valence-corrected chi connectivity index (χ2v) is 3.97. The number of aliphatic hydroxyl groups is 1. The molecule has 0 saturated heterocycles. The van der Waals surface area contributed by atoms with Gasteiger partial charge in [-0.25, -0.2) is 0 Å². The molecular weight excluding hydrogens is 168 g/mol. The molecule has 0 aromatic rings. The Morgan fingerprint density at radius 1 is 1.46 bits per heavy atom. The van der Waals surface area contributed by atoms with Gasteiger partial charge in [0.05, 0.1) is 5.76 Å². The van der Waals surface area contributed by atoms with E-state index in [0.29, 0.717) is 5.76 Å². The number of carbonyl (C=O) groups is 1. The minimum atomic E-state index is -0.250. The highest BCUT2D eigenvalue weighted by Gasteiger charge is 2.27. The smallest absolute Gasteiger partial charge is 0.290 e. The van der Waals surface area contributed by atoms with Gasteiger partial charge in [0, 0.05) is 5.41 Å². The highest BCUT2D eigenvalue weighted by Crippen LogP contribution is 2.37. The Hall–Kier alpha value is -0.990. The number of rotatable bonds is 0. The Labute approximate surface area is 79.1 Å². The lowest BCUT2D eigenvalue weighted by molar-refractivity contribution is -0.122. The van der Waals surface area contributed by atoms with Crippen LogP contribution in [0.1, 0.15) is 40.0 Å². The van der Waals surface area contributed by atoms with Gasteiger partial charge in [-0.3, -0.25) is 4.79 Å². The van der Waals surface area contributed by atoms with Crippen LogP contribution < -0.4 is 0 Å². The number of allylic oxidation sites excluding steroid dienone is 2. The third-order valence-electron chi connectivity index (χ3n) is 2.40. The lowest BCUT2D eigenvalue weighted by Gasteiger charge is -2.29. The molecule has 0 aromatic carbocycles. The summed E-state index contributed by atoms with van der Waals surface area (Å²) in [4.78, 5) is 8.36. The maximum atomic E-state index is 9.59. The molecule has 13 heavy (non-hydrogen) atoms. The summed E-state index contributed by atoms with van der Waals surface area (Å²) in [6, 6.07) is 0. The molecule has 1 aliphatic carbocycles. The van der Waals surface area contributed by atoms with E-state index in [9.17, 15) is 5.11 Å². The molecule has 0 amide bonds. The fourth-order valence-corrected chi connectivity index (χ4v) is 1.61. The summed E-state index contributed by atoms with van der Waals surface area (Å²) in [5.41, 5.74) is 1.22. The van der Waals surface area contributed by atoms with E-state index in [-0.39, 0.29) is 11.9 Å². The van der Waals surface area contributed by atoms with Crippen molar-refractivity contribution in [1.82, 2.24) is 0 Å². The van der Waals surface area contributed by atoms with Crippen LogP contribution in [0.25, 0.3) is 0 Å². The first-order valence-corrected chi connectivity index (χ1v) is 4.42. The molecule has 0 radical (unpaired) electrons. The molecule has 3 nitrogen and oxygen atoms in total. The summed E-state index contributed by atoms with van der Waals surface area (Å²) in [5, 5.41) is 16.5. The van der Waals surface area contributed by atoms with Crippen molar-refractivity contribution < 1.29 is 15.0 Å². The van der Waals surface area contributed by atoms with Gasteiger partial charge >= 0.3 is 0 Å². The van der Waals surface area contributed by atoms with Crippen LogP contribution in [0.15, 0.2) is 11.3 Å². The minimum absolute atomic E-state index is 0.0440. The molecule has 1 aliphatic rings. The Morgan fingerprint density at radius 2 is 1.92 bits per heavy atom. The van der Waals surface area contributed by atoms with Crippen LogP contribution in [0.5, 0.6) is 0 Å². The number of hydrogen-bond acceptors (Lipinski definition) is 2. The first kappa shape index (κ1) is 12.0. The van der Waals surface area contributed by atoms with Crippen molar-refractivity contribution in [3.05, 3.63) is 11.3 Å². The van der Waals surface area contributed by atoms with Crippen molar-refractivity contribution >= 4 is 6.47 Å². The topological polar surface area (TPSA) is 57.5 Å². The van der Waals surface area contributed by atoms with Gasteiger partial charge in [-0.2, -0.15) is 0 Å². The maximum absolute atomic E-state index is 9.59. The van der Waals surface area contributed by atoms with Gasteiger partial charge in [-0.05, 0) is 31.8 Å². The second kappa shape index (κ2) is 4.90. The average molecular weight is 186 g/mol. The van der Waals surface area contributed by atoms with Crippen LogP contribution in [0.3, 0.4) is 0 Å². The lowest BCUT2D eigenvalue weighted by Crippen LogP contribution is -2.19. The fraction of sp³-hybridized carbons (Fsp3) is 0.700. The van der Waals surface area contributed by atoms with Crippen molar-refractivity contribution in [3.63, 3.8) is 0 Å². The van der Waals surface area contributed by atoms with Crippen LogP contribution >= 0.6 is 0 Å². The zero-order valence-corrected chi connectivity index (χ0v) is 8.50. The Balaban J connectivity index is 0.000000424. The predicted molar refractivity (Wildman–Crippen MR) is 51.7 cm³/mol. The predicted octanol–water partition coefficient (Wildman–Crippen LogP) is 2.73. The van der Waals surface area contributed by atoms with Crippen LogP contribution in [0.2, 0.25) is 0 Å². The number of carboxylic acid groups (broad SMARTS) is 1. The van der Waals surface area contributed by atoms with E-state index < -0.39 is 0 Å². The van der Waals surface area contributed by atoms with E-state index in [2.05, 4.69) is 13.8 Å². The van der Waals surface area contributed by atoms with E-state index in [1.54, 1.807) is 0 Å². The molecule has 0 aliphatic heterocycles. The van der Waals surface area contributed by atoms with E-state index in [1.165, 1.54) is 12.0 Å². The van der Waals surface area contributed by atoms with E-state index in [4.69, 9.17) is 9.90 Å². The van der Waals surface area contributed by atoms with E-state index in [1.807, 2.05) is 6.92 Å². The third kappa shape index (κ3) is 3.49. The highest BCUT2D eigenvalue weighted by molar-refractivity contribution is 5.32. The summed E-state index contributed by atoms with van der Waals surface area (Å²) in [7, 11) is 0. The summed E-state index contributed by atoms with van der Waals surface area (Å²) >= 11 is 0. The Kier molecular flexibility index (Phi) is 4.52. The summed E-state index contributed by atoms with van der Waals surface area (Å²) in [6.07, 6.45) is 3.42. The minimum Gasteiger partial charge on any atom is -0.512 e. The van der Waals surface area contributed by atoms with Gasteiger partial charge in [0.1, 0.15) is 0 Å². The van der Waals surface area contributed by atoms with Gasteiger partial charge in [0.15, 0.2) is 0 Å². The normalized spacial score (nSPS) is 20.2. The molecule has 0 spiro atoms. The van der Waals surface area contributed by atoms with Crippen molar-refractivity contribution in [3.8, 4) is 0 Å². The molecule has 76 valence electrons. The van der Waals surface area contributed by atoms with E-state index >= 15 is 0 Å². The molecule has 0 unspecified atom stereocenters. The maximum Gasteiger partial charge on any atom is 0.290 e. The fourth-order valence-electron chi connectivity index (χ4n) is 1.61. The molecule has 0 atom stereocenters. The Bertz CT molecular complexity index is 204. The van der Waals surface area contributed by atoms with Crippen molar-refractivity contribution in [2.75, 3.05) is 0 Å². The van der Waals surface area contributed by atoms with Crippen LogP contribution in [-0.4, -0.2) is 16.7 Å². The largest absolute Gasteiger partial charge is 0.512 e.